The van der Waals surface area contributed by atoms with Crippen LogP contribution in [-0.2, 0) is 11.2 Å². The number of nitrogens with zero attached hydrogens (tertiary/aromatic N) is 2. The quantitative estimate of drug-likeness (QED) is 0.856. The van der Waals surface area contributed by atoms with Crippen molar-refractivity contribution in [1.29, 1.82) is 0 Å². The molecule has 0 aromatic carbocycles. The summed E-state index contributed by atoms with van der Waals surface area (Å²) in [6.45, 7) is 1.27. The summed E-state index contributed by atoms with van der Waals surface area (Å²) in [7, 11) is 0. The molecule has 1 fully saturated rings. The number of H-pyrrole nitrogens is 1. The molecule has 0 radical (unpaired) electrons. The van der Waals surface area contributed by atoms with Gasteiger partial charge in [-0.15, -0.1) is 11.3 Å². The average molecular weight is 346 g/mol. The van der Waals surface area contributed by atoms with Crippen molar-refractivity contribution >= 4 is 23.2 Å². The fraction of sp³-hybridized carbons (Fsp3) is 0.375. The Hall–Kier alpha value is -2.48. The van der Waals surface area contributed by atoms with Crippen LogP contribution in [0.4, 0.5) is 0 Å². The van der Waals surface area contributed by atoms with Crippen LogP contribution in [0, 0.1) is 0 Å². The molecule has 2 aromatic heterocycles. The lowest BCUT2D eigenvalue weighted by molar-refractivity contribution is -0.131. The van der Waals surface area contributed by atoms with Crippen LogP contribution in [-0.4, -0.2) is 46.0 Å². The number of amides is 2. The molecule has 2 amide bonds. The Morgan fingerprint density at radius 2 is 2.08 bits per heavy atom. The van der Waals surface area contributed by atoms with Gasteiger partial charge in [-0.05, 0) is 30.4 Å². The number of carbonyl (C=O) groups is 2. The Morgan fingerprint density at radius 1 is 1.29 bits per heavy atom. The van der Waals surface area contributed by atoms with Gasteiger partial charge in [-0.3, -0.25) is 14.4 Å². The predicted molar refractivity (Wildman–Crippen MR) is 89.9 cm³/mol. The third-order valence-corrected chi connectivity index (χ3v) is 4.88. The van der Waals surface area contributed by atoms with Gasteiger partial charge in [-0.25, -0.2) is 5.10 Å². The lowest BCUT2D eigenvalue weighted by atomic mass is 10.0. The number of hydrogen-bond donors (Lipinski definition) is 2. The molecular formula is C16H18N4O3S. The van der Waals surface area contributed by atoms with Crippen molar-refractivity contribution in [1.82, 2.24) is 20.4 Å². The molecule has 0 unspecified atom stereocenters. The summed E-state index contributed by atoms with van der Waals surface area (Å²) in [5, 5.41) is 10.8. The second-order valence-corrected chi connectivity index (χ2v) is 6.72. The smallest absolute Gasteiger partial charge is 0.271 e. The SMILES string of the molecule is O=C(NC1CCN(C(=O)Cc2cccs2)CC1)c1ccc(=O)[nH]n1. The van der Waals surface area contributed by atoms with E-state index in [1.807, 2.05) is 22.4 Å². The largest absolute Gasteiger partial charge is 0.348 e. The van der Waals surface area contributed by atoms with Gasteiger partial charge in [0.1, 0.15) is 5.69 Å². The summed E-state index contributed by atoms with van der Waals surface area (Å²) in [6, 6.07) is 6.59. The van der Waals surface area contributed by atoms with Crippen molar-refractivity contribution in [3.63, 3.8) is 0 Å². The van der Waals surface area contributed by atoms with Gasteiger partial charge in [0, 0.05) is 30.1 Å². The molecule has 3 heterocycles. The van der Waals surface area contributed by atoms with Crippen molar-refractivity contribution in [2.24, 2.45) is 0 Å². The first-order valence-electron chi connectivity index (χ1n) is 7.78. The zero-order valence-corrected chi connectivity index (χ0v) is 13.8. The van der Waals surface area contributed by atoms with E-state index in [2.05, 4.69) is 15.5 Å². The van der Waals surface area contributed by atoms with Crippen LogP contribution in [0.3, 0.4) is 0 Å². The maximum Gasteiger partial charge on any atom is 0.271 e. The highest BCUT2D eigenvalue weighted by atomic mass is 32.1. The molecule has 7 nitrogen and oxygen atoms in total. The summed E-state index contributed by atoms with van der Waals surface area (Å²) < 4.78 is 0. The minimum atomic E-state index is -0.343. The standard InChI is InChI=1S/C16H18N4O3S/c21-14-4-3-13(18-19-14)16(23)17-11-5-7-20(8-6-11)15(22)10-12-2-1-9-24-12/h1-4,9,11H,5-8,10H2,(H,17,23)(H,19,21). The van der Waals surface area contributed by atoms with Crippen molar-refractivity contribution < 1.29 is 9.59 Å². The van der Waals surface area contributed by atoms with E-state index < -0.39 is 0 Å². The van der Waals surface area contributed by atoms with Gasteiger partial charge in [0.2, 0.25) is 5.91 Å². The highest BCUT2D eigenvalue weighted by Gasteiger charge is 2.24. The maximum atomic E-state index is 12.2. The molecule has 0 saturated carbocycles. The van der Waals surface area contributed by atoms with Crippen LogP contribution >= 0.6 is 11.3 Å². The summed E-state index contributed by atoms with van der Waals surface area (Å²) in [6.07, 6.45) is 1.87. The van der Waals surface area contributed by atoms with Gasteiger partial charge in [0.15, 0.2) is 0 Å². The minimum absolute atomic E-state index is 0.0111. The van der Waals surface area contributed by atoms with E-state index in [0.717, 1.165) is 4.88 Å². The molecule has 1 saturated heterocycles. The van der Waals surface area contributed by atoms with Gasteiger partial charge in [-0.1, -0.05) is 6.07 Å². The monoisotopic (exact) mass is 346 g/mol. The molecule has 126 valence electrons. The third-order valence-electron chi connectivity index (χ3n) is 4.00. The number of aromatic nitrogens is 2. The second-order valence-electron chi connectivity index (χ2n) is 5.69. The Labute approximate surface area is 142 Å². The number of rotatable bonds is 4. The van der Waals surface area contributed by atoms with E-state index in [-0.39, 0.29) is 29.1 Å². The molecule has 0 aliphatic carbocycles. The molecule has 2 N–H and O–H groups in total. The first-order chi connectivity index (χ1) is 11.6. The Morgan fingerprint density at radius 3 is 2.71 bits per heavy atom. The number of thiophene rings is 1. The van der Waals surface area contributed by atoms with E-state index in [1.165, 1.54) is 12.1 Å². The van der Waals surface area contributed by atoms with Gasteiger partial charge in [0.05, 0.1) is 6.42 Å². The number of aromatic amines is 1. The number of hydrogen-bond acceptors (Lipinski definition) is 5. The molecule has 2 aromatic rings. The molecule has 0 bridgehead atoms. The topological polar surface area (TPSA) is 95.2 Å². The number of piperidine rings is 1. The maximum absolute atomic E-state index is 12.2. The summed E-state index contributed by atoms with van der Waals surface area (Å²) in [5.74, 6) is -0.181. The van der Waals surface area contributed by atoms with Crippen molar-refractivity contribution in [2.45, 2.75) is 25.3 Å². The van der Waals surface area contributed by atoms with Crippen molar-refractivity contribution in [3.8, 4) is 0 Å². The Bertz CT molecular complexity index is 743. The number of likely N-dealkylation sites (tertiary alicyclic amines) is 1. The van der Waals surface area contributed by atoms with Gasteiger partial charge in [-0.2, -0.15) is 5.10 Å². The van der Waals surface area contributed by atoms with Crippen LogP contribution in [0.25, 0.3) is 0 Å². The van der Waals surface area contributed by atoms with Gasteiger partial charge in [0.25, 0.3) is 11.5 Å². The molecule has 3 rings (SSSR count). The van der Waals surface area contributed by atoms with Gasteiger partial charge >= 0.3 is 0 Å². The molecule has 0 atom stereocenters. The highest BCUT2D eigenvalue weighted by Crippen LogP contribution is 2.15. The Kier molecular flexibility index (Phi) is 5.05. The fourth-order valence-corrected chi connectivity index (χ4v) is 3.37. The highest BCUT2D eigenvalue weighted by molar-refractivity contribution is 7.10. The first-order valence-corrected chi connectivity index (χ1v) is 8.66. The number of carbonyl (C=O) groups excluding carboxylic acids is 2. The molecule has 8 heteroatoms. The van der Waals surface area contributed by atoms with Crippen molar-refractivity contribution in [3.05, 3.63) is 50.6 Å². The van der Waals surface area contributed by atoms with E-state index in [1.54, 1.807) is 11.3 Å². The molecule has 0 spiro atoms. The van der Waals surface area contributed by atoms with Crippen LogP contribution in [0.2, 0.25) is 0 Å². The number of nitrogens with one attached hydrogen (secondary N) is 2. The molecule has 24 heavy (non-hydrogen) atoms. The third kappa shape index (κ3) is 4.08. The zero-order valence-electron chi connectivity index (χ0n) is 13.0. The lowest BCUT2D eigenvalue weighted by Gasteiger charge is -2.32. The first kappa shape index (κ1) is 16.4. The van der Waals surface area contributed by atoms with Crippen LogP contribution in [0.5, 0.6) is 0 Å². The van der Waals surface area contributed by atoms with E-state index >= 15 is 0 Å². The second kappa shape index (κ2) is 7.39. The lowest BCUT2D eigenvalue weighted by Crippen LogP contribution is -2.47. The van der Waals surface area contributed by atoms with E-state index in [0.29, 0.717) is 32.4 Å². The Balaban J connectivity index is 1.48. The van der Waals surface area contributed by atoms with Crippen molar-refractivity contribution in [2.75, 3.05) is 13.1 Å². The van der Waals surface area contributed by atoms with Gasteiger partial charge < -0.3 is 10.2 Å². The predicted octanol–water partition coefficient (Wildman–Crippen LogP) is 0.795. The normalized spacial score (nSPS) is 15.2. The van der Waals surface area contributed by atoms with Crippen LogP contribution in [0.15, 0.2) is 34.4 Å². The van der Waals surface area contributed by atoms with Crippen LogP contribution < -0.4 is 10.9 Å². The fourth-order valence-electron chi connectivity index (χ4n) is 2.68. The summed E-state index contributed by atoms with van der Waals surface area (Å²) in [5.41, 5.74) is -0.157. The molecule has 1 aliphatic rings. The average Bonchev–Trinajstić information content (AvgIpc) is 3.09. The van der Waals surface area contributed by atoms with E-state index in [9.17, 15) is 14.4 Å². The van der Waals surface area contributed by atoms with E-state index in [4.69, 9.17) is 0 Å². The summed E-state index contributed by atoms with van der Waals surface area (Å²) >= 11 is 1.59. The van der Waals surface area contributed by atoms with Crippen LogP contribution in [0.1, 0.15) is 28.2 Å². The minimum Gasteiger partial charge on any atom is -0.348 e. The molecular weight excluding hydrogens is 328 g/mol. The summed E-state index contributed by atoms with van der Waals surface area (Å²) in [4.78, 5) is 38.2. The molecule has 1 aliphatic heterocycles. The zero-order chi connectivity index (χ0) is 16.9.